The van der Waals surface area contributed by atoms with Gasteiger partial charge in [0.25, 0.3) is 15.9 Å². The van der Waals surface area contributed by atoms with Crippen molar-refractivity contribution in [2.45, 2.75) is 25.2 Å². The topological polar surface area (TPSA) is 73.8 Å². The quantitative estimate of drug-likeness (QED) is 0.301. The largest absolute Gasteiger partial charge is 0.302 e. The van der Waals surface area contributed by atoms with Crippen LogP contribution < -0.4 is 9.21 Å². The Bertz CT molecular complexity index is 1480. The third-order valence-corrected chi connectivity index (χ3v) is 9.71. The number of aromatic nitrogens is 1. The molecule has 0 fully saturated rings. The maximum absolute atomic E-state index is 13.7. The second kappa shape index (κ2) is 10.6. The molecule has 0 aliphatic carbocycles. The first-order valence-corrected chi connectivity index (χ1v) is 14.8. The molecule has 192 valence electrons. The molecule has 7 nitrogen and oxygen atoms in total. The molecule has 0 spiro atoms. The number of para-hydroxylation sites is 2. The van der Waals surface area contributed by atoms with E-state index in [4.69, 9.17) is 4.98 Å². The van der Waals surface area contributed by atoms with Gasteiger partial charge in [-0.15, -0.1) is 0 Å². The summed E-state index contributed by atoms with van der Waals surface area (Å²) in [5, 5.41) is 0.642. The van der Waals surface area contributed by atoms with E-state index >= 15 is 0 Å². The first kappa shape index (κ1) is 25.4. The Morgan fingerprint density at radius 3 is 2.38 bits per heavy atom. The van der Waals surface area contributed by atoms with Crippen molar-refractivity contribution in [1.82, 2.24) is 9.88 Å². The number of nitrogens with zero attached hydrogens (tertiary/aromatic N) is 4. The van der Waals surface area contributed by atoms with Crippen LogP contribution in [0.25, 0.3) is 10.2 Å². The lowest BCUT2D eigenvalue weighted by Gasteiger charge is -2.25. The number of amides is 1. The maximum atomic E-state index is 13.7. The number of likely N-dealkylation sites (N-methyl/N-ethyl adjacent to an activating group) is 1. The van der Waals surface area contributed by atoms with Crippen molar-refractivity contribution in [2.24, 2.45) is 0 Å². The first-order valence-electron chi connectivity index (χ1n) is 12.5. The van der Waals surface area contributed by atoms with Gasteiger partial charge in [0.15, 0.2) is 5.13 Å². The van der Waals surface area contributed by atoms with Gasteiger partial charge < -0.3 is 4.90 Å². The predicted molar refractivity (Wildman–Crippen MR) is 150 cm³/mol. The monoisotopic (exact) mass is 534 g/mol. The Balaban J connectivity index is 1.42. The fourth-order valence-corrected chi connectivity index (χ4v) is 7.14. The van der Waals surface area contributed by atoms with Crippen LogP contribution in [-0.4, -0.2) is 56.9 Å². The van der Waals surface area contributed by atoms with Gasteiger partial charge in [0.1, 0.15) is 0 Å². The van der Waals surface area contributed by atoms with E-state index in [1.54, 1.807) is 17.0 Å². The fraction of sp³-hybridized carbons (Fsp3) is 0.286. The molecule has 1 amide bonds. The zero-order chi connectivity index (χ0) is 26.0. The molecule has 0 saturated carbocycles. The molecule has 3 aromatic carbocycles. The Hall–Kier alpha value is -3.27. The summed E-state index contributed by atoms with van der Waals surface area (Å²) in [5.74, 6) is -0.193. The number of hydrogen-bond acceptors (Lipinski definition) is 6. The van der Waals surface area contributed by atoms with E-state index in [1.807, 2.05) is 48.5 Å². The number of fused-ring (bicyclic) bond motifs is 2. The third kappa shape index (κ3) is 4.99. The van der Waals surface area contributed by atoms with Gasteiger partial charge >= 0.3 is 0 Å². The summed E-state index contributed by atoms with van der Waals surface area (Å²) in [6.07, 6.45) is 0.690. The van der Waals surface area contributed by atoms with E-state index in [0.717, 1.165) is 41.1 Å². The van der Waals surface area contributed by atoms with Crippen molar-refractivity contribution in [3.05, 3.63) is 83.9 Å². The minimum absolute atomic E-state index is 0.176. The van der Waals surface area contributed by atoms with E-state index in [-0.39, 0.29) is 10.8 Å². The highest BCUT2D eigenvalue weighted by molar-refractivity contribution is 7.92. The van der Waals surface area contributed by atoms with Crippen LogP contribution in [0.2, 0.25) is 0 Å². The normalized spacial score (nSPS) is 13.3. The van der Waals surface area contributed by atoms with Crippen molar-refractivity contribution in [3.63, 3.8) is 0 Å². The van der Waals surface area contributed by atoms with Gasteiger partial charge in [-0.25, -0.2) is 13.4 Å². The molecule has 0 unspecified atom stereocenters. The van der Waals surface area contributed by atoms with Crippen LogP contribution in [0.4, 0.5) is 10.8 Å². The number of hydrogen-bond donors (Lipinski definition) is 0. The average Bonchev–Trinajstić information content (AvgIpc) is 3.56. The summed E-state index contributed by atoms with van der Waals surface area (Å²) in [6, 6.07) is 21.7. The summed E-state index contributed by atoms with van der Waals surface area (Å²) in [6.45, 7) is 7.62. The van der Waals surface area contributed by atoms with Crippen molar-refractivity contribution >= 4 is 48.3 Å². The van der Waals surface area contributed by atoms with Crippen molar-refractivity contribution < 1.29 is 13.2 Å². The standard InChI is InChI=1S/C28H30N4O3S2/c1-3-30(4-2)19-20-31(28-29-24-10-6-8-12-26(24)36-28)27(33)22-13-15-23(16-14-22)37(34,35)32-18-17-21-9-5-7-11-25(21)32/h5-16H,3-4,17-20H2,1-2H3. The molecule has 9 heteroatoms. The zero-order valence-corrected chi connectivity index (χ0v) is 22.6. The summed E-state index contributed by atoms with van der Waals surface area (Å²) < 4.78 is 29.3. The third-order valence-electron chi connectivity index (χ3n) is 6.83. The molecule has 1 aliphatic rings. The van der Waals surface area contributed by atoms with Gasteiger partial charge in [-0.3, -0.25) is 14.0 Å². The molecular weight excluding hydrogens is 504 g/mol. The zero-order valence-electron chi connectivity index (χ0n) is 21.0. The Morgan fingerprint density at radius 1 is 0.946 bits per heavy atom. The van der Waals surface area contributed by atoms with Crippen LogP contribution in [0.5, 0.6) is 0 Å². The number of benzene rings is 3. The highest BCUT2D eigenvalue weighted by Crippen LogP contribution is 2.33. The molecular formula is C28H30N4O3S2. The molecule has 5 rings (SSSR count). The van der Waals surface area contributed by atoms with Gasteiger partial charge in [-0.2, -0.15) is 0 Å². The number of carbonyl (C=O) groups excluding carboxylic acids is 1. The second-order valence-electron chi connectivity index (χ2n) is 8.93. The average molecular weight is 535 g/mol. The molecule has 1 aliphatic heterocycles. The lowest BCUT2D eigenvalue weighted by molar-refractivity contribution is 0.0983. The minimum atomic E-state index is -3.72. The van der Waals surface area contributed by atoms with E-state index in [2.05, 4.69) is 18.7 Å². The molecule has 0 atom stereocenters. The highest BCUT2D eigenvalue weighted by Gasteiger charge is 2.31. The van der Waals surface area contributed by atoms with Crippen LogP contribution in [0.15, 0.2) is 77.7 Å². The molecule has 0 radical (unpaired) electrons. The fourth-order valence-electron chi connectivity index (χ4n) is 4.65. The van der Waals surface area contributed by atoms with E-state index in [0.29, 0.717) is 30.2 Å². The molecule has 4 aromatic rings. The Morgan fingerprint density at radius 2 is 1.65 bits per heavy atom. The summed E-state index contributed by atoms with van der Waals surface area (Å²) >= 11 is 1.49. The smallest absolute Gasteiger partial charge is 0.264 e. The number of carbonyl (C=O) groups is 1. The van der Waals surface area contributed by atoms with Gasteiger partial charge in [0.2, 0.25) is 0 Å². The first-order chi connectivity index (χ1) is 17.9. The minimum Gasteiger partial charge on any atom is -0.302 e. The van der Waals surface area contributed by atoms with Gasteiger partial charge in [-0.05, 0) is 67.5 Å². The SMILES string of the molecule is CCN(CC)CCN(C(=O)c1ccc(S(=O)(=O)N2CCc3ccccc32)cc1)c1nc2ccccc2s1. The van der Waals surface area contributed by atoms with Gasteiger partial charge in [0.05, 0.1) is 20.8 Å². The summed E-state index contributed by atoms with van der Waals surface area (Å²) in [5.41, 5.74) is 3.04. The summed E-state index contributed by atoms with van der Waals surface area (Å²) in [7, 11) is -3.72. The van der Waals surface area contributed by atoms with Crippen LogP contribution >= 0.6 is 11.3 Å². The van der Waals surface area contributed by atoms with Crippen LogP contribution in [0, 0.1) is 0 Å². The van der Waals surface area contributed by atoms with Gasteiger partial charge in [0, 0.05) is 25.2 Å². The van der Waals surface area contributed by atoms with Crippen LogP contribution in [-0.2, 0) is 16.4 Å². The number of anilines is 2. The molecule has 2 heterocycles. The second-order valence-corrected chi connectivity index (χ2v) is 11.8. The molecule has 0 N–H and O–H groups in total. The maximum Gasteiger partial charge on any atom is 0.264 e. The number of thiazole rings is 1. The Labute approximate surface area is 222 Å². The predicted octanol–water partition coefficient (Wildman–Crippen LogP) is 5.04. The van der Waals surface area contributed by atoms with Crippen LogP contribution in [0.1, 0.15) is 29.8 Å². The molecule has 37 heavy (non-hydrogen) atoms. The Kier molecular flexibility index (Phi) is 7.28. The number of rotatable bonds is 9. The van der Waals surface area contributed by atoms with E-state index < -0.39 is 10.0 Å². The number of sulfonamides is 1. The van der Waals surface area contributed by atoms with Gasteiger partial charge in [-0.1, -0.05) is 55.5 Å². The van der Waals surface area contributed by atoms with Crippen molar-refractivity contribution in [1.29, 1.82) is 0 Å². The lowest BCUT2D eigenvalue weighted by atomic mass is 10.2. The van der Waals surface area contributed by atoms with Crippen molar-refractivity contribution in [2.75, 3.05) is 41.9 Å². The van der Waals surface area contributed by atoms with Crippen LogP contribution in [0.3, 0.4) is 0 Å². The summed E-state index contributed by atoms with van der Waals surface area (Å²) in [4.78, 5) is 22.6. The molecule has 0 saturated heterocycles. The molecule has 0 bridgehead atoms. The van der Waals surface area contributed by atoms with Crippen molar-refractivity contribution in [3.8, 4) is 0 Å². The lowest BCUT2D eigenvalue weighted by Crippen LogP contribution is -2.39. The van der Waals surface area contributed by atoms with E-state index in [1.165, 1.54) is 27.8 Å². The van der Waals surface area contributed by atoms with E-state index in [9.17, 15) is 13.2 Å². The molecule has 1 aromatic heterocycles. The highest BCUT2D eigenvalue weighted by atomic mass is 32.2.